The molecule has 0 atom stereocenters. The smallest absolute Gasteiger partial charge is 0.318 e. The van der Waals surface area contributed by atoms with Gasteiger partial charge < -0.3 is 20.5 Å². The molecule has 0 bridgehead atoms. The molecule has 2 aromatic carbocycles. The molecule has 1 aromatic heterocycles. The summed E-state index contributed by atoms with van der Waals surface area (Å²) >= 11 is 0. The summed E-state index contributed by atoms with van der Waals surface area (Å²) in [6.07, 6.45) is 0. The lowest BCUT2D eigenvalue weighted by Crippen LogP contribution is -2.24. The molecule has 0 saturated carbocycles. The normalized spacial score (nSPS) is 10.3. The summed E-state index contributed by atoms with van der Waals surface area (Å²) in [6.45, 7) is 3.92. The molecule has 0 aliphatic heterocycles. The molecule has 6 heteroatoms. The number of hydrogen-bond donors (Lipinski definition) is 3. The number of benzene rings is 2. The summed E-state index contributed by atoms with van der Waals surface area (Å²) in [5, 5.41) is 8.07. The molecular formula is C21H22N4O2. The molecule has 138 valence electrons. The van der Waals surface area contributed by atoms with Crippen molar-refractivity contribution in [1.82, 2.24) is 9.88 Å². The Labute approximate surface area is 158 Å². The van der Waals surface area contributed by atoms with Crippen molar-refractivity contribution in [3.05, 3.63) is 77.6 Å². The molecule has 3 aromatic rings. The van der Waals surface area contributed by atoms with Gasteiger partial charge in [-0.3, -0.25) is 4.79 Å². The molecule has 0 radical (unpaired) electrons. The zero-order valence-electron chi connectivity index (χ0n) is 15.5. The van der Waals surface area contributed by atoms with Gasteiger partial charge in [-0.05, 0) is 56.3 Å². The second-order valence-corrected chi connectivity index (χ2v) is 6.19. The minimum atomic E-state index is -0.292. The van der Waals surface area contributed by atoms with Crippen LogP contribution < -0.4 is 16.0 Å². The Hall–Kier alpha value is -3.54. The lowest BCUT2D eigenvalue weighted by atomic mass is 10.2. The predicted molar refractivity (Wildman–Crippen MR) is 108 cm³/mol. The third kappa shape index (κ3) is 4.00. The van der Waals surface area contributed by atoms with Crippen molar-refractivity contribution in [1.29, 1.82) is 0 Å². The van der Waals surface area contributed by atoms with Crippen LogP contribution in [0.15, 0.2) is 60.7 Å². The van der Waals surface area contributed by atoms with Crippen molar-refractivity contribution in [2.75, 3.05) is 17.7 Å². The average molecular weight is 362 g/mol. The van der Waals surface area contributed by atoms with Gasteiger partial charge in [0.15, 0.2) is 0 Å². The largest absolute Gasteiger partial charge is 0.341 e. The first kappa shape index (κ1) is 18.3. The standard InChI is InChI=1S/C21H22N4O2/c1-14-13-19(15(2)25(14)18-7-5-4-6-8-18)20(26)23-16-9-11-17(12-10-16)24-21(27)22-3/h4-13H,1-3H3,(H,23,26)(H2,22,24,27). The molecule has 3 amide bonds. The van der Waals surface area contributed by atoms with Crippen molar-refractivity contribution in [2.45, 2.75) is 13.8 Å². The van der Waals surface area contributed by atoms with E-state index in [2.05, 4.69) is 20.5 Å². The second kappa shape index (κ2) is 7.78. The Morgan fingerprint density at radius 3 is 2.04 bits per heavy atom. The summed E-state index contributed by atoms with van der Waals surface area (Å²) < 4.78 is 2.06. The van der Waals surface area contributed by atoms with Crippen LogP contribution in [-0.4, -0.2) is 23.6 Å². The number of nitrogens with one attached hydrogen (secondary N) is 3. The van der Waals surface area contributed by atoms with Gasteiger partial charge in [-0.15, -0.1) is 0 Å². The lowest BCUT2D eigenvalue weighted by Gasteiger charge is -2.10. The van der Waals surface area contributed by atoms with Crippen molar-refractivity contribution >= 4 is 23.3 Å². The maximum atomic E-state index is 12.7. The number of aromatic nitrogens is 1. The number of anilines is 2. The summed E-state index contributed by atoms with van der Waals surface area (Å²) in [4.78, 5) is 24.1. The zero-order chi connectivity index (χ0) is 19.4. The molecule has 0 spiro atoms. The second-order valence-electron chi connectivity index (χ2n) is 6.19. The molecule has 0 unspecified atom stereocenters. The fraction of sp³-hybridized carbons (Fsp3) is 0.143. The highest BCUT2D eigenvalue weighted by Crippen LogP contribution is 2.22. The first-order valence-electron chi connectivity index (χ1n) is 8.64. The molecule has 3 rings (SSSR count). The summed E-state index contributed by atoms with van der Waals surface area (Å²) in [5.74, 6) is -0.169. The van der Waals surface area contributed by atoms with Crippen LogP contribution in [0.3, 0.4) is 0 Å². The highest BCUT2D eigenvalue weighted by Gasteiger charge is 2.16. The number of carbonyl (C=O) groups excluding carboxylic acids is 2. The average Bonchev–Trinajstić information content (AvgIpc) is 2.98. The fourth-order valence-corrected chi connectivity index (χ4v) is 3.00. The number of rotatable bonds is 4. The van der Waals surface area contributed by atoms with Gasteiger partial charge in [-0.25, -0.2) is 4.79 Å². The molecule has 3 N–H and O–H groups in total. The van der Waals surface area contributed by atoms with E-state index in [0.29, 0.717) is 16.9 Å². The van der Waals surface area contributed by atoms with Crippen molar-refractivity contribution in [3.63, 3.8) is 0 Å². The van der Waals surface area contributed by atoms with Crippen molar-refractivity contribution in [3.8, 4) is 5.69 Å². The maximum absolute atomic E-state index is 12.7. The minimum absolute atomic E-state index is 0.169. The van der Waals surface area contributed by atoms with Gasteiger partial charge in [0.2, 0.25) is 0 Å². The van der Waals surface area contributed by atoms with Gasteiger partial charge in [-0.2, -0.15) is 0 Å². The number of para-hydroxylation sites is 1. The van der Waals surface area contributed by atoms with Crippen LogP contribution in [0.2, 0.25) is 0 Å². The Balaban J connectivity index is 1.78. The number of hydrogen-bond acceptors (Lipinski definition) is 2. The predicted octanol–water partition coefficient (Wildman–Crippen LogP) is 4.10. The molecule has 0 aliphatic carbocycles. The van der Waals surface area contributed by atoms with E-state index in [0.717, 1.165) is 17.1 Å². The van der Waals surface area contributed by atoms with E-state index in [4.69, 9.17) is 0 Å². The molecule has 6 nitrogen and oxygen atoms in total. The molecule has 0 aliphatic rings. The zero-order valence-corrected chi connectivity index (χ0v) is 15.5. The van der Waals surface area contributed by atoms with Gasteiger partial charge in [0, 0.05) is 35.5 Å². The number of urea groups is 1. The first-order valence-corrected chi connectivity index (χ1v) is 8.64. The number of amides is 3. The summed E-state index contributed by atoms with van der Waals surface area (Å²) in [6, 6.07) is 18.5. The van der Waals surface area contributed by atoms with Crippen LogP contribution in [0.4, 0.5) is 16.2 Å². The Morgan fingerprint density at radius 2 is 1.44 bits per heavy atom. The van der Waals surface area contributed by atoms with Crippen LogP contribution in [0.25, 0.3) is 5.69 Å². The number of carbonyl (C=O) groups is 2. The van der Waals surface area contributed by atoms with Gasteiger partial charge in [-0.1, -0.05) is 18.2 Å². The molecule has 1 heterocycles. The van der Waals surface area contributed by atoms with Gasteiger partial charge in [0.1, 0.15) is 0 Å². The van der Waals surface area contributed by atoms with Crippen LogP contribution in [0, 0.1) is 13.8 Å². The lowest BCUT2D eigenvalue weighted by molar-refractivity contribution is 0.102. The SMILES string of the molecule is CNC(=O)Nc1ccc(NC(=O)c2cc(C)n(-c3ccccc3)c2C)cc1. The molecule has 27 heavy (non-hydrogen) atoms. The van der Waals surface area contributed by atoms with E-state index < -0.39 is 0 Å². The topological polar surface area (TPSA) is 75.2 Å². The Morgan fingerprint density at radius 1 is 0.852 bits per heavy atom. The van der Waals surface area contributed by atoms with E-state index in [1.165, 1.54) is 0 Å². The van der Waals surface area contributed by atoms with E-state index in [-0.39, 0.29) is 11.9 Å². The van der Waals surface area contributed by atoms with Crippen molar-refractivity contribution in [2.24, 2.45) is 0 Å². The van der Waals surface area contributed by atoms with Gasteiger partial charge >= 0.3 is 6.03 Å². The third-order valence-electron chi connectivity index (χ3n) is 4.32. The molecule has 0 fully saturated rings. The summed E-state index contributed by atoms with van der Waals surface area (Å²) in [7, 11) is 1.55. The van der Waals surface area contributed by atoms with E-state index in [9.17, 15) is 9.59 Å². The maximum Gasteiger partial charge on any atom is 0.318 e. The molecular weight excluding hydrogens is 340 g/mol. The summed E-state index contributed by atoms with van der Waals surface area (Å²) in [5.41, 5.74) is 4.84. The van der Waals surface area contributed by atoms with E-state index >= 15 is 0 Å². The highest BCUT2D eigenvalue weighted by molar-refractivity contribution is 6.05. The first-order chi connectivity index (χ1) is 13.0. The molecule has 0 saturated heterocycles. The third-order valence-corrected chi connectivity index (χ3v) is 4.32. The quantitative estimate of drug-likeness (QED) is 0.654. The fourth-order valence-electron chi connectivity index (χ4n) is 3.00. The number of nitrogens with zero attached hydrogens (tertiary/aromatic N) is 1. The minimum Gasteiger partial charge on any atom is -0.341 e. The van der Waals surface area contributed by atoms with E-state index in [1.54, 1.807) is 31.3 Å². The van der Waals surface area contributed by atoms with Crippen LogP contribution >= 0.6 is 0 Å². The highest BCUT2D eigenvalue weighted by atomic mass is 16.2. The van der Waals surface area contributed by atoms with Gasteiger partial charge in [0.25, 0.3) is 5.91 Å². The van der Waals surface area contributed by atoms with Crippen LogP contribution in [0.5, 0.6) is 0 Å². The number of aryl methyl sites for hydroxylation is 1. The van der Waals surface area contributed by atoms with E-state index in [1.807, 2.05) is 50.2 Å². The van der Waals surface area contributed by atoms with Crippen molar-refractivity contribution < 1.29 is 9.59 Å². The monoisotopic (exact) mass is 362 g/mol. The Kier molecular flexibility index (Phi) is 5.26. The van der Waals surface area contributed by atoms with Crippen LogP contribution in [0.1, 0.15) is 21.7 Å². The van der Waals surface area contributed by atoms with Gasteiger partial charge in [0.05, 0.1) is 5.56 Å². The van der Waals surface area contributed by atoms with Crippen LogP contribution in [-0.2, 0) is 0 Å². The Bertz CT molecular complexity index is 960.